The Morgan fingerprint density at radius 2 is 1.70 bits per heavy atom. The zero-order chi connectivity index (χ0) is 16.8. The summed E-state index contributed by atoms with van der Waals surface area (Å²) >= 11 is 0. The van der Waals surface area contributed by atoms with Crippen LogP contribution in [0.4, 0.5) is 4.39 Å². The Labute approximate surface area is 135 Å². The molecule has 2 aromatic rings. The van der Waals surface area contributed by atoms with Gasteiger partial charge in [-0.1, -0.05) is 6.07 Å². The van der Waals surface area contributed by atoms with Gasteiger partial charge in [0.15, 0.2) is 0 Å². The SMILES string of the molecule is COc1cc(CN(C)Cc2ccc(C#N)cc2F)cc(OC)c1. The van der Waals surface area contributed by atoms with Crippen LogP contribution in [0, 0.1) is 17.1 Å². The number of benzene rings is 2. The van der Waals surface area contributed by atoms with E-state index in [1.54, 1.807) is 26.4 Å². The molecular formula is C18H19FN2O2. The van der Waals surface area contributed by atoms with Gasteiger partial charge in [0.1, 0.15) is 17.3 Å². The molecule has 0 saturated heterocycles. The fourth-order valence-electron chi connectivity index (χ4n) is 2.36. The standard InChI is InChI=1S/C18H19FN2O2/c1-21(12-15-5-4-13(10-20)8-18(15)19)11-14-6-16(22-2)9-17(7-14)23-3/h4-9H,11-12H2,1-3H3. The summed E-state index contributed by atoms with van der Waals surface area (Å²) in [6.45, 7) is 1.06. The predicted molar refractivity (Wildman–Crippen MR) is 85.8 cm³/mol. The second-order valence-corrected chi connectivity index (χ2v) is 5.31. The zero-order valence-corrected chi connectivity index (χ0v) is 13.5. The van der Waals surface area contributed by atoms with E-state index in [-0.39, 0.29) is 5.82 Å². The first-order valence-corrected chi connectivity index (χ1v) is 7.14. The lowest BCUT2D eigenvalue weighted by Gasteiger charge is -2.18. The van der Waals surface area contributed by atoms with Gasteiger partial charge in [-0.25, -0.2) is 4.39 Å². The quantitative estimate of drug-likeness (QED) is 0.820. The summed E-state index contributed by atoms with van der Waals surface area (Å²) in [7, 11) is 5.12. The highest BCUT2D eigenvalue weighted by atomic mass is 19.1. The van der Waals surface area contributed by atoms with Crippen molar-refractivity contribution in [3.05, 3.63) is 58.9 Å². The van der Waals surface area contributed by atoms with E-state index < -0.39 is 0 Å². The second-order valence-electron chi connectivity index (χ2n) is 5.31. The van der Waals surface area contributed by atoms with Crippen LogP contribution in [0.5, 0.6) is 11.5 Å². The van der Waals surface area contributed by atoms with Crippen LogP contribution in [0.1, 0.15) is 16.7 Å². The molecule has 0 aliphatic carbocycles. The molecule has 0 atom stereocenters. The van der Waals surface area contributed by atoms with E-state index in [9.17, 15) is 4.39 Å². The van der Waals surface area contributed by atoms with Crippen LogP contribution in [0.2, 0.25) is 0 Å². The second kappa shape index (κ2) is 7.61. The van der Waals surface area contributed by atoms with Crippen molar-refractivity contribution < 1.29 is 13.9 Å². The van der Waals surface area contributed by atoms with Crippen molar-refractivity contribution in [1.82, 2.24) is 4.90 Å². The van der Waals surface area contributed by atoms with Crippen molar-refractivity contribution in [2.75, 3.05) is 21.3 Å². The minimum absolute atomic E-state index is 0.325. The Hall–Kier alpha value is -2.58. The maximum absolute atomic E-state index is 14.0. The third kappa shape index (κ3) is 4.44. The Balaban J connectivity index is 2.10. The maximum atomic E-state index is 14.0. The number of hydrogen-bond donors (Lipinski definition) is 0. The van der Waals surface area contributed by atoms with E-state index in [0.717, 1.165) is 17.1 Å². The molecule has 0 heterocycles. The van der Waals surface area contributed by atoms with Crippen molar-refractivity contribution in [3.63, 3.8) is 0 Å². The molecule has 0 fully saturated rings. The molecule has 5 heteroatoms. The van der Waals surface area contributed by atoms with Gasteiger partial charge < -0.3 is 9.47 Å². The Morgan fingerprint density at radius 3 is 2.22 bits per heavy atom. The fraction of sp³-hybridized carbons (Fsp3) is 0.278. The summed E-state index contributed by atoms with van der Waals surface area (Å²) in [4.78, 5) is 1.98. The van der Waals surface area contributed by atoms with Gasteiger partial charge in [-0.05, 0) is 36.9 Å². The number of methoxy groups -OCH3 is 2. The molecular weight excluding hydrogens is 295 g/mol. The summed E-state index contributed by atoms with van der Waals surface area (Å²) in [6.07, 6.45) is 0. The highest BCUT2D eigenvalue weighted by Gasteiger charge is 2.09. The van der Waals surface area contributed by atoms with Crippen molar-refractivity contribution in [2.45, 2.75) is 13.1 Å². The van der Waals surface area contributed by atoms with E-state index >= 15 is 0 Å². The molecule has 0 unspecified atom stereocenters. The third-order valence-electron chi connectivity index (χ3n) is 3.49. The number of hydrogen-bond acceptors (Lipinski definition) is 4. The van der Waals surface area contributed by atoms with E-state index in [1.165, 1.54) is 6.07 Å². The molecule has 120 valence electrons. The van der Waals surface area contributed by atoms with Gasteiger partial charge in [-0.3, -0.25) is 4.90 Å². The van der Waals surface area contributed by atoms with Crippen LogP contribution in [0.3, 0.4) is 0 Å². The predicted octanol–water partition coefficient (Wildman–Crippen LogP) is 3.35. The molecule has 0 amide bonds. The summed E-state index contributed by atoms with van der Waals surface area (Å²) in [5, 5.41) is 8.78. The number of rotatable bonds is 6. The Morgan fingerprint density at radius 1 is 1.04 bits per heavy atom. The first-order valence-electron chi connectivity index (χ1n) is 7.14. The van der Waals surface area contributed by atoms with E-state index in [4.69, 9.17) is 14.7 Å². The minimum atomic E-state index is -0.362. The van der Waals surface area contributed by atoms with Gasteiger partial charge in [-0.2, -0.15) is 5.26 Å². The topological polar surface area (TPSA) is 45.5 Å². The molecule has 0 N–H and O–H groups in total. The molecule has 4 nitrogen and oxygen atoms in total. The first-order chi connectivity index (χ1) is 11.0. The largest absolute Gasteiger partial charge is 0.497 e. The van der Waals surface area contributed by atoms with Gasteiger partial charge in [0, 0.05) is 24.7 Å². The number of halogens is 1. The zero-order valence-electron chi connectivity index (χ0n) is 13.5. The van der Waals surface area contributed by atoms with Crippen LogP contribution >= 0.6 is 0 Å². The number of nitrogens with zero attached hydrogens (tertiary/aromatic N) is 2. The summed E-state index contributed by atoms with van der Waals surface area (Å²) in [5.74, 6) is 1.08. The van der Waals surface area contributed by atoms with Gasteiger partial charge in [0.25, 0.3) is 0 Å². The molecule has 0 aliphatic heterocycles. The highest BCUT2D eigenvalue weighted by Crippen LogP contribution is 2.23. The normalized spacial score (nSPS) is 10.4. The minimum Gasteiger partial charge on any atom is -0.497 e. The molecule has 0 aromatic heterocycles. The monoisotopic (exact) mass is 314 g/mol. The van der Waals surface area contributed by atoms with Crippen molar-refractivity contribution in [2.24, 2.45) is 0 Å². The average molecular weight is 314 g/mol. The molecule has 2 aromatic carbocycles. The van der Waals surface area contributed by atoms with Gasteiger partial charge >= 0.3 is 0 Å². The van der Waals surface area contributed by atoms with Crippen LogP contribution < -0.4 is 9.47 Å². The lowest BCUT2D eigenvalue weighted by atomic mass is 10.1. The van der Waals surface area contributed by atoms with Gasteiger partial charge in [0.05, 0.1) is 25.9 Å². The summed E-state index contributed by atoms with van der Waals surface area (Å²) < 4.78 is 24.5. The average Bonchev–Trinajstić information content (AvgIpc) is 2.56. The lowest BCUT2D eigenvalue weighted by molar-refractivity contribution is 0.311. The summed E-state index contributed by atoms with van der Waals surface area (Å²) in [6, 6.07) is 12.1. The van der Waals surface area contributed by atoms with Crippen LogP contribution in [0.15, 0.2) is 36.4 Å². The molecule has 2 rings (SSSR count). The Kier molecular flexibility index (Phi) is 5.56. The maximum Gasteiger partial charge on any atom is 0.129 e. The van der Waals surface area contributed by atoms with Crippen LogP contribution in [-0.2, 0) is 13.1 Å². The number of ether oxygens (including phenoxy) is 2. The highest BCUT2D eigenvalue weighted by molar-refractivity contribution is 5.38. The van der Waals surface area contributed by atoms with Gasteiger partial charge in [0.2, 0.25) is 0 Å². The van der Waals surface area contributed by atoms with Crippen LogP contribution in [0.25, 0.3) is 0 Å². The third-order valence-corrected chi connectivity index (χ3v) is 3.49. The van der Waals surface area contributed by atoms with E-state index in [2.05, 4.69) is 0 Å². The first kappa shape index (κ1) is 16.8. The summed E-state index contributed by atoms with van der Waals surface area (Å²) in [5.41, 5.74) is 1.89. The molecule has 0 radical (unpaired) electrons. The number of nitriles is 1. The van der Waals surface area contributed by atoms with Gasteiger partial charge in [-0.15, -0.1) is 0 Å². The van der Waals surface area contributed by atoms with Crippen molar-refractivity contribution >= 4 is 0 Å². The fourth-order valence-corrected chi connectivity index (χ4v) is 2.36. The van der Waals surface area contributed by atoms with E-state index in [0.29, 0.717) is 24.2 Å². The molecule has 0 spiro atoms. The molecule has 0 aliphatic rings. The van der Waals surface area contributed by atoms with Crippen LogP contribution in [-0.4, -0.2) is 26.2 Å². The Bertz CT molecular complexity index is 703. The van der Waals surface area contributed by atoms with E-state index in [1.807, 2.05) is 36.2 Å². The molecule has 23 heavy (non-hydrogen) atoms. The lowest BCUT2D eigenvalue weighted by Crippen LogP contribution is -2.18. The molecule has 0 saturated carbocycles. The van der Waals surface area contributed by atoms with Crippen molar-refractivity contribution in [3.8, 4) is 17.6 Å². The smallest absolute Gasteiger partial charge is 0.129 e. The van der Waals surface area contributed by atoms with Crippen molar-refractivity contribution in [1.29, 1.82) is 5.26 Å². The molecule has 0 bridgehead atoms.